The Bertz CT molecular complexity index is 1010. The molecule has 9 heteroatoms. The quantitative estimate of drug-likeness (QED) is 0.414. The SMILES string of the molecule is CC(=O)Oc1cccc(C(=O)Nc2ccccc2CNC(=O)CCNC(=O)OC(C)(C)C)c1. The van der Waals surface area contributed by atoms with Gasteiger partial charge in [-0.05, 0) is 50.6 Å². The molecule has 0 spiro atoms. The number of alkyl carbamates (subject to hydrolysis) is 1. The van der Waals surface area contributed by atoms with Crippen molar-refractivity contribution in [3.8, 4) is 5.75 Å². The number of carbonyl (C=O) groups excluding carboxylic acids is 4. The number of benzene rings is 2. The summed E-state index contributed by atoms with van der Waals surface area (Å²) in [4.78, 5) is 47.5. The number of amides is 3. The minimum Gasteiger partial charge on any atom is -0.444 e. The number of carbonyl (C=O) groups is 4. The van der Waals surface area contributed by atoms with Gasteiger partial charge in [-0.3, -0.25) is 14.4 Å². The largest absolute Gasteiger partial charge is 0.444 e. The van der Waals surface area contributed by atoms with E-state index in [1.54, 1.807) is 63.2 Å². The molecule has 0 aromatic heterocycles. The lowest BCUT2D eigenvalue weighted by molar-refractivity contribution is -0.131. The molecule has 0 saturated carbocycles. The molecular weight excluding hydrogens is 426 g/mol. The molecule has 176 valence electrons. The van der Waals surface area contributed by atoms with Crippen LogP contribution >= 0.6 is 0 Å². The Hall–Kier alpha value is -3.88. The van der Waals surface area contributed by atoms with Crippen LogP contribution < -0.4 is 20.7 Å². The molecule has 2 aromatic rings. The van der Waals surface area contributed by atoms with Gasteiger partial charge in [-0.1, -0.05) is 24.3 Å². The summed E-state index contributed by atoms with van der Waals surface area (Å²) in [6.07, 6.45) is -0.502. The predicted octanol–water partition coefficient (Wildman–Crippen LogP) is 3.40. The van der Waals surface area contributed by atoms with Gasteiger partial charge in [0.2, 0.25) is 5.91 Å². The van der Waals surface area contributed by atoms with Crippen molar-refractivity contribution in [3.05, 3.63) is 59.7 Å². The topological polar surface area (TPSA) is 123 Å². The maximum Gasteiger partial charge on any atom is 0.407 e. The maximum atomic E-state index is 12.7. The minimum atomic E-state index is -0.609. The average Bonchev–Trinajstić information content (AvgIpc) is 2.71. The second kappa shape index (κ2) is 11.7. The zero-order valence-electron chi connectivity index (χ0n) is 19.2. The van der Waals surface area contributed by atoms with Crippen molar-refractivity contribution in [1.29, 1.82) is 0 Å². The molecule has 3 amide bonds. The van der Waals surface area contributed by atoms with E-state index in [-0.39, 0.29) is 37.1 Å². The molecule has 0 aliphatic rings. The van der Waals surface area contributed by atoms with E-state index in [9.17, 15) is 19.2 Å². The molecule has 0 saturated heterocycles. The second-order valence-corrected chi connectivity index (χ2v) is 8.19. The summed E-state index contributed by atoms with van der Waals surface area (Å²) < 4.78 is 10.1. The zero-order valence-corrected chi connectivity index (χ0v) is 19.2. The van der Waals surface area contributed by atoms with Crippen LogP contribution in [0.5, 0.6) is 5.75 Å². The number of esters is 1. The van der Waals surface area contributed by atoms with Crippen molar-refractivity contribution in [3.63, 3.8) is 0 Å². The molecule has 0 bridgehead atoms. The van der Waals surface area contributed by atoms with Gasteiger partial charge in [0.15, 0.2) is 0 Å². The van der Waals surface area contributed by atoms with E-state index in [1.807, 2.05) is 0 Å². The van der Waals surface area contributed by atoms with Crippen molar-refractivity contribution in [2.75, 3.05) is 11.9 Å². The molecule has 0 atom stereocenters. The average molecular weight is 456 g/mol. The molecule has 9 nitrogen and oxygen atoms in total. The van der Waals surface area contributed by atoms with Crippen LogP contribution in [0.3, 0.4) is 0 Å². The Kier molecular flexibility index (Phi) is 8.97. The normalized spacial score (nSPS) is 10.7. The van der Waals surface area contributed by atoms with Crippen molar-refractivity contribution >= 4 is 29.6 Å². The summed E-state index contributed by atoms with van der Waals surface area (Å²) in [5.74, 6) is -0.851. The maximum absolute atomic E-state index is 12.7. The molecule has 0 fully saturated rings. The van der Waals surface area contributed by atoms with Gasteiger partial charge >= 0.3 is 12.1 Å². The van der Waals surface area contributed by atoms with Gasteiger partial charge < -0.3 is 25.4 Å². The van der Waals surface area contributed by atoms with Crippen LogP contribution in [0.25, 0.3) is 0 Å². The second-order valence-electron chi connectivity index (χ2n) is 8.19. The highest BCUT2D eigenvalue weighted by Gasteiger charge is 2.16. The lowest BCUT2D eigenvalue weighted by atomic mass is 10.1. The first-order valence-electron chi connectivity index (χ1n) is 10.4. The highest BCUT2D eigenvalue weighted by Crippen LogP contribution is 2.18. The van der Waals surface area contributed by atoms with Crippen LogP contribution in [0.2, 0.25) is 0 Å². The summed E-state index contributed by atoms with van der Waals surface area (Å²) in [6.45, 7) is 6.88. The molecule has 0 radical (unpaired) electrons. The fourth-order valence-electron chi connectivity index (χ4n) is 2.73. The standard InChI is InChI=1S/C24H29N3O6/c1-16(28)32-19-10-7-9-17(14-19)22(30)27-20-11-6-5-8-18(20)15-26-21(29)12-13-25-23(31)33-24(2,3)4/h5-11,14H,12-13,15H2,1-4H3,(H,25,31)(H,26,29)(H,27,30). The summed E-state index contributed by atoms with van der Waals surface area (Å²) in [6, 6.07) is 13.3. The zero-order chi connectivity index (χ0) is 24.4. The first kappa shape index (κ1) is 25.4. The lowest BCUT2D eigenvalue weighted by Crippen LogP contribution is -2.35. The Labute approximate surface area is 192 Å². The van der Waals surface area contributed by atoms with E-state index < -0.39 is 17.7 Å². The monoisotopic (exact) mass is 455 g/mol. The van der Waals surface area contributed by atoms with Gasteiger partial charge in [0.1, 0.15) is 11.4 Å². The van der Waals surface area contributed by atoms with Crippen molar-refractivity contribution in [2.45, 2.75) is 46.3 Å². The Balaban J connectivity index is 1.90. The smallest absolute Gasteiger partial charge is 0.407 e. The van der Waals surface area contributed by atoms with Crippen molar-refractivity contribution in [2.24, 2.45) is 0 Å². The number of nitrogens with one attached hydrogen (secondary N) is 3. The Morgan fingerprint density at radius 3 is 2.36 bits per heavy atom. The first-order valence-corrected chi connectivity index (χ1v) is 10.4. The van der Waals surface area contributed by atoms with E-state index >= 15 is 0 Å². The fraction of sp³-hybridized carbons (Fsp3) is 0.333. The van der Waals surface area contributed by atoms with Crippen LogP contribution in [0, 0.1) is 0 Å². The Morgan fingerprint density at radius 2 is 1.67 bits per heavy atom. The highest BCUT2D eigenvalue weighted by molar-refractivity contribution is 6.05. The van der Waals surface area contributed by atoms with E-state index in [1.165, 1.54) is 13.0 Å². The first-order chi connectivity index (χ1) is 15.5. The molecule has 0 aliphatic heterocycles. The van der Waals surface area contributed by atoms with Crippen molar-refractivity contribution in [1.82, 2.24) is 10.6 Å². The number of anilines is 1. The van der Waals surface area contributed by atoms with E-state index in [2.05, 4.69) is 16.0 Å². The number of hydrogen-bond donors (Lipinski definition) is 3. The van der Waals surface area contributed by atoms with Gasteiger partial charge in [0.05, 0.1) is 0 Å². The van der Waals surface area contributed by atoms with Gasteiger partial charge in [0.25, 0.3) is 5.91 Å². The fourth-order valence-corrected chi connectivity index (χ4v) is 2.73. The van der Waals surface area contributed by atoms with Gasteiger partial charge in [-0.15, -0.1) is 0 Å². The molecule has 0 aliphatic carbocycles. The van der Waals surface area contributed by atoms with Crippen molar-refractivity contribution < 1.29 is 28.7 Å². The number of hydrogen-bond acceptors (Lipinski definition) is 6. The van der Waals surface area contributed by atoms with Crippen LogP contribution in [0.15, 0.2) is 48.5 Å². The van der Waals surface area contributed by atoms with Crippen LogP contribution in [0.1, 0.15) is 50.0 Å². The molecule has 33 heavy (non-hydrogen) atoms. The summed E-state index contributed by atoms with van der Waals surface area (Å²) >= 11 is 0. The lowest BCUT2D eigenvalue weighted by Gasteiger charge is -2.19. The van der Waals surface area contributed by atoms with Gasteiger partial charge in [-0.25, -0.2) is 4.79 Å². The third-order valence-electron chi connectivity index (χ3n) is 4.12. The number of para-hydroxylation sites is 1. The van der Waals surface area contributed by atoms with Crippen LogP contribution in [0.4, 0.5) is 10.5 Å². The van der Waals surface area contributed by atoms with Gasteiger partial charge in [0, 0.05) is 37.7 Å². The number of ether oxygens (including phenoxy) is 2. The van der Waals surface area contributed by atoms with Gasteiger partial charge in [-0.2, -0.15) is 0 Å². The number of rotatable bonds is 8. The minimum absolute atomic E-state index is 0.0801. The third-order valence-corrected chi connectivity index (χ3v) is 4.12. The summed E-state index contributed by atoms with van der Waals surface area (Å²) in [5, 5.41) is 8.10. The van der Waals surface area contributed by atoms with E-state index in [0.717, 1.165) is 0 Å². The predicted molar refractivity (Wildman–Crippen MR) is 123 cm³/mol. The van der Waals surface area contributed by atoms with Crippen LogP contribution in [-0.2, 0) is 20.9 Å². The summed E-state index contributed by atoms with van der Waals surface area (Å²) in [7, 11) is 0. The van der Waals surface area contributed by atoms with E-state index in [0.29, 0.717) is 16.8 Å². The summed E-state index contributed by atoms with van der Waals surface area (Å²) in [5.41, 5.74) is 0.950. The molecule has 0 heterocycles. The molecule has 2 rings (SSSR count). The third kappa shape index (κ3) is 9.42. The Morgan fingerprint density at radius 1 is 0.939 bits per heavy atom. The molecule has 2 aromatic carbocycles. The van der Waals surface area contributed by atoms with Crippen LogP contribution in [-0.4, -0.2) is 36.0 Å². The van der Waals surface area contributed by atoms with E-state index in [4.69, 9.17) is 9.47 Å². The molecular formula is C24H29N3O6. The highest BCUT2D eigenvalue weighted by atomic mass is 16.6. The molecule has 0 unspecified atom stereocenters. The molecule has 3 N–H and O–H groups in total.